The van der Waals surface area contributed by atoms with Crippen molar-refractivity contribution in [1.29, 1.82) is 0 Å². The number of rotatable bonds is 4. The highest BCUT2D eigenvalue weighted by atomic mass is 32.1. The maximum Gasteiger partial charge on any atom is 0.262 e. The third-order valence-corrected chi connectivity index (χ3v) is 3.23. The molecule has 0 bridgehead atoms. The van der Waals surface area contributed by atoms with E-state index in [1.165, 1.54) is 5.01 Å². The average molecular weight is 303 g/mol. The van der Waals surface area contributed by atoms with Gasteiger partial charge >= 0.3 is 0 Å². The molecule has 0 saturated heterocycles. The molecule has 21 heavy (non-hydrogen) atoms. The molecule has 0 aromatic heterocycles. The lowest BCUT2D eigenvalue weighted by atomic mass is 9.96. The van der Waals surface area contributed by atoms with Gasteiger partial charge in [-0.15, -0.1) is 0 Å². The monoisotopic (exact) mass is 303 g/mol. The van der Waals surface area contributed by atoms with Crippen LogP contribution in [0.3, 0.4) is 0 Å². The second kappa shape index (κ2) is 6.45. The predicted molar refractivity (Wildman–Crippen MR) is 88.2 cm³/mol. The number of thiocarbonyl (C=S) groups is 1. The Morgan fingerprint density at radius 2 is 2.14 bits per heavy atom. The highest BCUT2D eigenvalue weighted by molar-refractivity contribution is 7.80. The normalized spacial score (nSPS) is 18.7. The summed E-state index contributed by atoms with van der Waals surface area (Å²) < 4.78 is 0. The first kappa shape index (κ1) is 15.1. The molecule has 0 spiro atoms. The van der Waals surface area contributed by atoms with Gasteiger partial charge in [-0.1, -0.05) is 25.1 Å². The quantitative estimate of drug-likeness (QED) is 0.503. The van der Waals surface area contributed by atoms with E-state index in [0.717, 1.165) is 5.69 Å². The maximum absolute atomic E-state index is 12.6. The van der Waals surface area contributed by atoms with Crippen molar-refractivity contribution in [1.82, 2.24) is 5.43 Å². The van der Waals surface area contributed by atoms with E-state index in [4.69, 9.17) is 18.0 Å². The topological polar surface area (TPSA) is 83.1 Å². The van der Waals surface area contributed by atoms with Crippen LogP contribution in [0.5, 0.6) is 0 Å². The lowest BCUT2D eigenvalue weighted by Gasteiger charge is -2.15. The Morgan fingerprint density at radius 3 is 2.71 bits per heavy atom. The van der Waals surface area contributed by atoms with Crippen LogP contribution in [0.2, 0.25) is 0 Å². The number of carbonyl (C=O) groups excluding carboxylic acids is 1. The first-order valence-electron chi connectivity index (χ1n) is 6.60. The third kappa shape index (κ3) is 3.25. The number of para-hydroxylation sites is 1. The molecule has 1 aliphatic rings. The Morgan fingerprint density at radius 1 is 1.48 bits per heavy atom. The summed E-state index contributed by atoms with van der Waals surface area (Å²) in [5.74, 6) is -0.596. The van der Waals surface area contributed by atoms with Crippen molar-refractivity contribution in [2.75, 3.05) is 5.01 Å². The van der Waals surface area contributed by atoms with Crippen molar-refractivity contribution >= 4 is 40.3 Å². The minimum atomic E-state index is -0.475. The smallest absolute Gasteiger partial charge is 0.262 e. The van der Waals surface area contributed by atoms with Gasteiger partial charge in [-0.2, -0.15) is 15.2 Å². The van der Waals surface area contributed by atoms with Crippen LogP contribution in [0.25, 0.3) is 0 Å². The maximum atomic E-state index is 12.6. The summed E-state index contributed by atoms with van der Waals surface area (Å²) in [6, 6.07) is 9.30. The second-order valence-corrected chi connectivity index (χ2v) is 5.03. The van der Waals surface area contributed by atoms with E-state index in [-0.39, 0.29) is 11.0 Å². The molecule has 3 N–H and O–H groups in total. The Labute approximate surface area is 128 Å². The van der Waals surface area contributed by atoms with Crippen molar-refractivity contribution in [2.24, 2.45) is 21.9 Å². The molecule has 0 fully saturated rings. The number of hydrogen-bond donors (Lipinski definition) is 2. The van der Waals surface area contributed by atoms with Gasteiger partial charge in [0.15, 0.2) is 5.11 Å². The number of nitrogens with one attached hydrogen (secondary N) is 1. The van der Waals surface area contributed by atoms with E-state index in [1.54, 1.807) is 0 Å². The molecular formula is C14H17N5OS. The molecule has 1 aliphatic heterocycles. The number of hydrazone groups is 2. The summed E-state index contributed by atoms with van der Waals surface area (Å²) in [7, 11) is 0. The van der Waals surface area contributed by atoms with Gasteiger partial charge in [0.1, 0.15) is 5.92 Å². The van der Waals surface area contributed by atoms with E-state index in [9.17, 15) is 4.79 Å². The number of nitrogens with zero attached hydrogens (tertiary/aromatic N) is 3. The van der Waals surface area contributed by atoms with E-state index < -0.39 is 5.92 Å². The van der Waals surface area contributed by atoms with Crippen LogP contribution in [0.4, 0.5) is 5.69 Å². The number of hydrogen-bond acceptors (Lipinski definition) is 4. The average Bonchev–Trinajstić information content (AvgIpc) is 2.77. The Bertz CT molecular complexity index is 611. The molecule has 2 rings (SSSR count). The summed E-state index contributed by atoms with van der Waals surface area (Å²) in [6.45, 7) is 3.74. The second-order valence-electron chi connectivity index (χ2n) is 4.59. The van der Waals surface area contributed by atoms with Crippen LogP contribution < -0.4 is 16.2 Å². The van der Waals surface area contributed by atoms with Crippen LogP contribution in [0.1, 0.15) is 20.3 Å². The predicted octanol–water partition coefficient (Wildman–Crippen LogP) is 1.62. The fourth-order valence-electron chi connectivity index (χ4n) is 2.18. The Hall–Kier alpha value is -2.28. The lowest BCUT2D eigenvalue weighted by molar-refractivity contribution is -0.118. The van der Waals surface area contributed by atoms with Crippen molar-refractivity contribution in [3.8, 4) is 0 Å². The van der Waals surface area contributed by atoms with Crippen LogP contribution in [0.15, 0.2) is 40.5 Å². The molecule has 1 heterocycles. The molecule has 0 saturated carbocycles. The summed E-state index contributed by atoms with van der Waals surface area (Å²) in [6.07, 6.45) is 0.599. The third-order valence-electron chi connectivity index (χ3n) is 3.14. The molecule has 110 valence electrons. The van der Waals surface area contributed by atoms with Crippen molar-refractivity contribution in [3.63, 3.8) is 0 Å². The van der Waals surface area contributed by atoms with Gasteiger partial charge < -0.3 is 5.73 Å². The van der Waals surface area contributed by atoms with Crippen molar-refractivity contribution < 1.29 is 4.79 Å². The minimum absolute atomic E-state index is 0.0703. The van der Waals surface area contributed by atoms with Gasteiger partial charge in [-0.3, -0.25) is 10.2 Å². The molecule has 1 atom stereocenters. The van der Waals surface area contributed by atoms with Gasteiger partial charge in [0, 0.05) is 0 Å². The molecule has 7 heteroatoms. The molecule has 0 radical (unpaired) electrons. The lowest BCUT2D eigenvalue weighted by Crippen LogP contribution is -2.35. The Kier molecular flexibility index (Phi) is 4.64. The summed E-state index contributed by atoms with van der Waals surface area (Å²) in [5.41, 5.74) is 10.0. The fourth-order valence-corrected chi connectivity index (χ4v) is 2.22. The zero-order chi connectivity index (χ0) is 15.4. The summed E-state index contributed by atoms with van der Waals surface area (Å²) >= 11 is 4.73. The standard InChI is InChI=1S/C14H17N5OS/c1-3-11(16-17-14(15)21)12-9(2)18-19(13(12)20)10-7-5-4-6-8-10/h4-8,12H,3H2,1-2H3,(H3,15,17,21)/b16-11-. The van der Waals surface area contributed by atoms with Gasteiger partial charge in [-0.05, 0) is 37.7 Å². The fraction of sp³-hybridized carbons (Fsp3) is 0.286. The molecule has 0 aliphatic carbocycles. The first-order valence-corrected chi connectivity index (χ1v) is 7.01. The molecule has 1 amide bonds. The van der Waals surface area contributed by atoms with Crippen LogP contribution in [-0.4, -0.2) is 22.4 Å². The van der Waals surface area contributed by atoms with Gasteiger partial charge in [0.05, 0.1) is 17.1 Å². The van der Waals surface area contributed by atoms with E-state index in [0.29, 0.717) is 17.8 Å². The largest absolute Gasteiger partial charge is 0.375 e. The Balaban J connectivity index is 2.27. The van der Waals surface area contributed by atoms with Crippen molar-refractivity contribution in [2.45, 2.75) is 20.3 Å². The zero-order valence-electron chi connectivity index (χ0n) is 11.9. The van der Waals surface area contributed by atoms with Gasteiger partial charge in [0.2, 0.25) is 0 Å². The molecule has 1 unspecified atom stereocenters. The molecule has 1 aromatic carbocycles. The van der Waals surface area contributed by atoms with Gasteiger partial charge in [-0.25, -0.2) is 0 Å². The van der Waals surface area contributed by atoms with Crippen LogP contribution in [-0.2, 0) is 4.79 Å². The SMILES string of the molecule is CC/C(=N/NC(N)=S)C1C(=O)N(c2ccccc2)N=C1C. The van der Waals surface area contributed by atoms with Crippen LogP contribution >= 0.6 is 12.2 Å². The summed E-state index contributed by atoms with van der Waals surface area (Å²) in [5, 5.41) is 9.95. The number of benzene rings is 1. The van der Waals surface area contributed by atoms with E-state index in [1.807, 2.05) is 44.2 Å². The highest BCUT2D eigenvalue weighted by Gasteiger charge is 2.37. The van der Waals surface area contributed by atoms with E-state index >= 15 is 0 Å². The summed E-state index contributed by atoms with van der Waals surface area (Å²) in [4.78, 5) is 12.6. The van der Waals surface area contributed by atoms with Crippen molar-refractivity contribution in [3.05, 3.63) is 30.3 Å². The molecule has 1 aromatic rings. The zero-order valence-corrected chi connectivity index (χ0v) is 12.7. The number of nitrogens with two attached hydrogens (primary N) is 1. The first-order chi connectivity index (χ1) is 10.0. The highest BCUT2D eigenvalue weighted by Crippen LogP contribution is 2.25. The van der Waals surface area contributed by atoms with Gasteiger partial charge in [0.25, 0.3) is 5.91 Å². The number of amides is 1. The molecule has 6 nitrogen and oxygen atoms in total. The van der Waals surface area contributed by atoms with E-state index in [2.05, 4.69) is 15.6 Å². The number of anilines is 1. The number of carbonyl (C=O) groups is 1. The molecular weight excluding hydrogens is 286 g/mol. The van der Waals surface area contributed by atoms with Crippen LogP contribution in [0, 0.1) is 5.92 Å². The minimum Gasteiger partial charge on any atom is -0.375 e.